The van der Waals surface area contributed by atoms with Gasteiger partial charge in [0.15, 0.2) is 11.9 Å². The van der Waals surface area contributed by atoms with Gasteiger partial charge in [-0.2, -0.15) is 0 Å². The van der Waals surface area contributed by atoms with Crippen LogP contribution in [0.4, 0.5) is 5.82 Å². The second-order valence-corrected chi connectivity index (χ2v) is 6.75. The molecule has 0 bridgehead atoms. The van der Waals surface area contributed by atoms with Crippen molar-refractivity contribution in [1.82, 2.24) is 5.16 Å². The summed E-state index contributed by atoms with van der Waals surface area (Å²) in [5.74, 6) is -0.724. The van der Waals surface area contributed by atoms with Crippen LogP contribution in [-0.2, 0) is 14.3 Å². The van der Waals surface area contributed by atoms with Crippen molar-refractivity contribution in [3.63, 3.8) is 0 Å². The summed E-state index contributed by atoms with van der Waals surface area (Å²) >= 11 is 0. The van der Waals surface area contributed by atoms with E-state index < -0.39 is 23.9 Å². The van der Waals surface area contributed by atoms with E-state index in [2.05, 4.69) is 17.1 Å². The van der Waals surface area contributed by atoms with Crippen LogP contribution in [0.25, 0.3) is 0 Å². The number of carbonyl (C=O) groups is 2. The molecule has 6 nitrogen and oxygen atoms in total. The Balaban J connectivity index is 2.26. The number of carbonyl (C=O) groups excluding carboxylic acids is 2. The van der Waals surface area contributed by atoms with Gasteiger partial charge in [0.25, 0.3) is 5.91 Å². The first kappa shape index (κ1) is 22.9. The molecule has 1 amide bonds. The average molecular weight is 408 g/mol. The van der Waals surface area contributed by atoms with Gasteiger partial charge in [0.2, 0.25) is 0 Å². The molecule has 0 aliphatic heterocycles. The van der Waals surface area contributed by atoms with Gasteiger partial charge in [0.05, 0.1) is 0 Å². The molecule has 2 rings (SSSR count). The summed E-state index contributed by atoms with van der Waals surface area (Å²) < 4.78 is 10.7. The van der Waals surface area contributed by atoms with E-state index >= 15 is 0 Å². The summed E-state index contributed by atoms with van der Waals surface area (Å²) in [6, 6.07) is 10.9. The van der Waals surface area contributed by atoms with Crippen LogP contribution >= 0.6 is 0 Å². The van der Waals surface area contributed by atoms with E-state index in [0.717, 1.165) is 11.1 Å². The average Bonchev–Trinajstić information content (AvgIpc) is 3.15. The van der Waals surface area contributed by atoms with Crippen molar-refractivity contribution >= 4 is 17.7 Å². The Morgan fingerprint density at radius 3 is 2.60 bits per heavy atom. The zero-order valence-electron chi connectivity index (χ0n) is 17.6. The highest BCUT2D eigenvalue weighted by atomic mass is 16.5. The number of nitrogens with zero attached hydrogens (tertiary/aromatic N) is 1. The van der Waals surface area contributed by atoms with Crippen LogP contribution in [0.15, 0.2) is 77.4 Å². The van der Waals surface area contributed by atoms with Crippen LogP contribution in [0.2, 0.25) is 0 Å². The van der Waals surface area contributed by atoms with E-state index in [9.17, 15) is 9.59 Å². The minimum atomic E-state index is -0.938. The fraction of sp³-hybridized carbons (Fsp3) is 0.292. The molecule has 2 unspecified atom stereocenters. The second-order valence-electron chi connectivity index (χ2n) is 6.75. The molecule has 0 aliphatic rings. The summed E-state index contributed by atoms with van der Waals surface area (Å²) in [4.78, 5) is 25.9. The quantitative estimate of drug-likeness (QED) is 0.437. The Kier molecular flexibility index (Phi) is 8.81. The largest absolute Gasteiger partial charge is 0.452 e. The number of benzene rings is 1. The highest BCUT2D eigenvalue weighted by molar-refractivity contribution is 5.95. The van der Waals surface area contributed by atoms with Gasteiger partial charge in [-0.05, 0) is 31.4 Å². The molecular formula is C24H28N2O4. The van der Waals surface area contributed by atoms with Gasteiger partial charge in [-0.25, -0.2) is 0 Å². The van der Waals surface area contributed by atoms with Gasteiger partial charge in [-0.15, -0.1) is 0 Å². The molecule has 0 aliphatic carbocycles. The minimum absolute atomic E-state index is 0.289. The number of hydrogen-bond acceptors (Lipinski definition) is 5. The molecule has 0 fully saturated rings. The van der Waals surface area contributed by atoms with Gasteiger partial charge >= 0.3 is 5.97 Å². The smallest absolute Gasteiger partial charge is 0.318 e. The van der Waals surface area contributed by atoms with Crippen LogP contribution in [0, 0.1) is 6.92 Å². The lowest BCUT2D eigenvalue weighted by molar-refractivity contribution is -0.155. The van der Waals surface area contributed by atoms with E-state index in [0.29, 0.717) is 18.6 Å². The van der Waals surface area contributed by atoms with E-state index in [-0.39, 0.29) is 5.82 Å². The lowest BCUT2D eigenvalue weighted by Crippen LogP contribution is -2.34. The Morgan fingerprint density at radius 2 is 2.03 bits per heavy atom. The fourth-order valence-electron chi connectivity index (χ4n) is 2.99. The van der Waals surface area contributed by atoms with Crippen LogP contribution < -0.4 is 5.32 Å². The molecule has 30 heavy (non-hydrogen) atoms. The Hall–Kier alpha value is -3.41. The number of amides is 1. The van der Waals surface area contributed by atoms with Gasteiger partial charge in [0, 0.05) is 6.07 Å². The fourth-order valence-corrected chi connectivity index (χ4v) is 2.99. The summed E-state index contributed by atoms with van der Waals surface area (Å²) in [5.41, 5.74) is 1.54. The predicted molar refractivity (Wildman–Crippen MR) is 117 cm³/mol. The predicted octanol–water partition coefficient (Wildman–Crippen LogP) is 5.11. The van der Waals surface area contributed by atoms with Crippen molar-refractivity contribution in [2.24, 2.45) is 0 Å². The third kappa shape index (κ3) is 6.30. The molecule has 1 aromatic heterocycles. The first-order chi connectivity index (χ1) is 14.5. The number of allylic oxidation sites excluding steroid dienone is 4. The standard InChI is InChI=1S/C24H28N2O4/c1-5-8-13-18(7-3)22(19-14-10-9-11-15-19)24(28)29-20(12-6-2)23(27)25-21-16-17(4)30-26-21/h5,7-11,13-16,20,22H,1,6,12H2,2-4H3,(H,25,26,27)/b13-8-,18-7+. The number of anilines is 1. The summed E-state index contributed by atoms with van der Waals surface area (Å²) in [6.07, 6.45) is 7.21. The molecule has 1 heterocycles. The highest BCUT2D eigenvalue weighted by Gasteiger charge is 2.30. The van der Waals surface area contributed by atoms with Crippen molar-refractivity contribution in [2.75, 3.05) is 5.32 Å². The van der Waals surface area contributed by atoms with Crippen molar-refractivity contribution in [1.29, 1.82) is 0 Å². The molecule has 6 heteroatoms. The lowest BCUT2D eigenvalue weighted by Gasteiger charge is -2.22. The van der Waals surface area contributed by atoms with Crippen molar-refractivity contribution in [3.8, 4) is 0 Å². The van der Waals surface area contributed by atoms with Gasteiger partial charge in [-0.1, -0.05) is 79.7 Å². The number of ether oxygens (including phenoxy) is 1. The molecular weight excluding hydrogens is 380 g/mol. The van der Waals surface area contributed by atoms with E-state index in [1.807, 2.05) is 56.3 Å². The third-order valence-corrected chi connectivity index (χ3v) is 4.44. The lowest BCUT2D eigenvalue weighted by atomic mass is 9.90. The number of nitrogens with one attached hydrogen (secondary N) is 1. The van der Waals surface area contributed by atoms with E-state index in [1.54, 1.807) is 25.1 Å². The molecule has 0 saturated carbocycles. The number of rotatable bonds is 10. The molecule has 2 aromatic rings. The zero-order valence-corrected chi connectivity index (χ0v) is 17.6. The molecule has 0 radical (unpaired) electrons. The first-order valence-corrected chi connectivity index (χ1v) is 9.95. The summed E-state index contributed by atoms with van der Waals surface area (Å²) in [6.45, 7) is 9.19. The SMILES string of the molecule is C=C/C=C\C(=C/C)C(C(=O)OC(CCC)C(=O)Nc1cc(C)on1)c1ccccc1. The topological polar surface area (TPSA) is 81.4 Å². The maximum Gasteiger partial charge on any atom is 0.318 e. The number of hydrogen-bond donors (Lipinski definition) is 1. The van der Waals surface area contributed by atoms with E-state index in [4.69, 9.17) is 9.26 Å². The van der Waals surface area contributed by atoms with Crippen LogP contribution in [-0.4, -0.2) is 23.1 Å². The molecule has 0 spiro atoms. The minimum Gasteiger partial charge on any atom is -0.452 e. The Morgan fingerprint density at radius 1 is 1.30 bits per heavy atom. The molecule has 2 atom stereocenters. The van der Waals surface area contributed by atoms with Crippen molar-refractivity contribution < 1.29 is 18.8 Å². The van der Waals surface area contributed by atoms with Gasteiger partial charge < -0.3 is 14.6 Å². The number of aromatic nitrogens is 1. The second kappa shape index (κ2) is 11.6. The van der Waals surface area contributed by atoms with Gasteiger partial charge in [-0.3, -0.25) is 9.59 Å². The van der Waals surface area contributed by atoms with Gasteiger partial charge in [0.1, 0.15) is 11.7 Å². The molecule has 1 aromatic carbocycles. The number of esters is 1. The summed E-state index contributed by atoms with van der Waals surface area (Å²) in [7, 11) is 0. The van der Waals surface area contributed by atoms with E-state index in [1.165, 1.54) is 0 Å². The van der Waals surface area contributed by atoms with Crippen molar-refractivity contribution in [2.45, 2.75) is 45.6 Å². The van der Waals surface area contributed by atoms with Crippen LogP contribution in [0.5, 0.6) is 0 Å². The molecule has 1 N–H and O–H groups in total. The Bertz CT molecular complexity index is 912. The molecule has 158 valence electrons. The monoisotopic (exact) mass is 408 g/mol. The normalized spacial score (nSPS) is 13.6. The number of aryl methyl sites for hydroxylation is 1. The first-order valence-electron chi connectivity index (χ1n) is 9.95. The highest BCUT2D eigenvalue weighted by Crippen LogP contribution is 2.28. The van der Waals surface area contributed by atoms with Crippen LogP contribution in [0.1, 0.15) is 43.9 Å². The Labute approximate surface area is 177 Å². The van der Waals surface area contributed by atoms with Crippen LogP contribution in [0.3, 0.4) is 0 Å². The molecule has 0 saturated heterocycles. The maximum absolute atomic E-state index is 13.2. The maximum atomic E-state index is 13.2. The zero-order chi connectivity index (χ0) is 21.9. The third-order valence-electron chi connectivity index (χ3n) is 4.44. The van der Waals surface area contributed by atoms with Crippen molar-refractivity contribution in [3.05, 3.63) is 84.2 Å². The summed E-state index contributed by atoms with van der Waals surface area (Å²) in [5, 5.41) is 6.41.